The second-order valence-electron chi connectivity index (χ2n) is 2.52. The molecule has 0 aliphatic rings. The van der Waals surface area contributed by atoms with E-state index in [0.29, 0.717) is 4.47 Å². The first-order valence-electron chi connectivity index (χ1n) is 3.48. The zero-order valence-electron chi connectivity index (χ0n) is 6.67. The molecule has 6 heteroatoms. The fourth-order valence-electron chi connectivity index (χ4n) is 0.938. The number of carboxylic acids is 1. The highest BCUT2D eigenvalue weighted by Crippen LogP contribution is 2.33. The Labute approximate surface area is 98.4 Å². The molecule has 76 valence electrons. The molecule has 1 atom stereocenters. The Morgan fingerprint density at radius 2 is 1.79 bits per heavy atom. The molecule has 0 aromatic heterocycles. The highest BCUT2D eigenvalue weighted by molar-refractivity contribution is 9.10. The van der Waals surface area contributed by atoms with Crippen molar-refractivity contribution in [3.05, 3.63) is 32.2 Å². The van der Waals surface area contributed by atoms with E-state index in [0.717, 1.165) is 0 Å². The molecule has 0 aliphatic carbocycles. The fourth-order valence-corrected chi connectivity index (χ4v) is 2.35. The van der Waals surface area contributed by atoms with Crippen LogP contribution in [-0.4, -0.2) is 16.2 Å². The lowest BCUT2D eigenvalue weighted by Gasteiger charge is -2.10. The molecule has 0 fully saturated rings. The Balaban J connectivity index is 3.27. The predicted octanol–water partition coefficient (Wildman–Crippen LogP) is 2.87. The molecule has 0 bridgehead atoms. The van der Waals surface area contributed by atoms with E-state index < -0.39 is 12.1 Å². The van der Waals surface area contributed by atoms with Gasteiger partial charge in [0.2, 0.25) is 0 Å². The highest BCUT2D eigenvalue weighted by Gasteiger charge is 2.22. The lowest BCUT2D eigenvalue weighted by molar-refractivity contribution is -0.146. The summed E-state index contributed by atoms with van der Waals surface area (Å²) in [7, 11) is 0. The van der Waals surface area contributed by atoms with Crippen molar-refractivity contribution in [3.8, 4) is 0 Å². The molecule has 0 aliphatic heterocycles. The van der Waals surface area contributed by atoms with Gasteiger partial charge in [0.25, 0.3) is 0 Å². The molecule has 2 N–H and O–H groups in total. The first-order chi connectivity index (χ1) is 6.43. The summed E-state index contributed by atoms with van der Waals surface area (Å²) in [5.74, 6) is -1.39. The third kappa shape index (κ3) is 2.39. The number of carboxylic acid groups (broad SMARTS) is 1. The molecule has 0 unspecified atom stereocenters. The van der Waals surface area contributed by atoms with Crippen LogP contribution in [0.5, 0.6) is 0 Å². The number of benzene rings is 1. The first-order valence-corrected chi connectivity index (χ1v) is 5.03. The Kier molecular flexibility index (Phi) is 3.78. The van der Waals surface area contributed by atoms with Gasteiger partial charge in [0, 0.05) is 20.1 Å². The average Bonchev–Trinajstić information content (AvgIpc) is 2.01. The van der Waals surface area contributed by atoms with E-state index in [1.807, 2.05) is 0 Å². The van der Waals surface area contributed by atoms with Gasteiger partial charge in [0.1, 0.15) is 0 Å². The summed E-state index contributed by atoms with van der Waals surface area (Å²) in [6.07, 6.45) is -1.71. The van der Waals surface area contributed by atoms with Crippen LogP contribution in [0.25, 0.3) is 0 Å². The Hall–Kier alpha value is -0.290. The van der Waals surface area contributed by atoms with Crippen LogP contribution in [0.3, 0.4) is 0 Å². The Bertz CT molecular complexity index is 358. The van der Waals surface area contributed by atoms with E-state index in [1.165, 1.54) is 12.1 Å². The SMILES string of the molecule is O=C(O)[C@@H](O)c1c(Cl)cc(Br)cc1Cl. The topological polar surface area (TPSA) is 57.5 Å². The lowest BCUT2D eigenvalue weighted by Crippen LogP contribution is -2.11. The zero-order valence-corrected chi connectivity index (χ0v) is 9.77. The van der Waals surface area contributed by atoms with Gasteiger partial charge < -0.3 is 10.2 Å². The molecule has 0 saturated heterocycles. The quantitative estimate of drug-likeness (QED) is 0.883. The van der Waals surface area contributed by atoms with Gasteiger partial charge in [-0.25, -0.2) is 4.79 Å². The number of aliphatic hydroxyl groups excluding tert-OH is 1. The Morgan fingerprint density at radius 1 is 1.36 bits per heavy atom. The summed E-state index contributed by atoms with van der Waals surface area (Å²) in [5.41, 5.74) is 0.00373. The molecular formula is C8H5BrCl2O3. The third-order valence-corrected chi connectivity index (χ3v) is 2.63. The number of rotatable bonds is 2. The standard InChI is InChI=1S/C8H5BrCl2O3/c9-3-1-4(10)6(5(11)2-3)7(12)8(13)14/h1-2,7,12H,(H,13,14)/t7-/m0/s1. The number of carbonyl (C=O) groups is 1. The molecule has 1 rings (SSSR count). The van der Waals surface area contributed by atoms with Crippen LogP contribution in [0, 0.1) is 0 Å². The third-order valence-electron chi connectivity index (χ3n) is 1.55. The van der Waals surface area contributed by atoms with E-state index >= 15 is 0 Å². The van der Waals surface area contributed by atoms with Crippen molar-refractivity contribution in [2.45, 2.75) is 6.10 Å². The molecule has 14 heavy (non-hydrogen) atoms. The van der Waals surface area contributed by atoms with Crippen molar-refractivity contribution < 1.29 is 15.0 Å². The van der Waals surface area contributed by atoms with Crippen LogP contribution in [0.4, 0.5) is 0 Å². The predicted molar refractivity (Wildman–Crippen MR) is 56.8 cm³/mol. The zero-order chi connectivity index (χ0) is 10.9. The molecule has 0 radical (unpaired) electrons. The van der Waals surface area contributed by atoms with E-state index in [9.17, 15) is 9.90 Å². The van der Waals surface area contributed by atoms with Gasteiger partial charge in [-0.05, 0) is 12.1 Å². The van der Waals surface area contributed by atoms with E-state index in [-0.39, 0.29) is 15.6 Å². The fraction of sp³-hybridized carbons (Fsp3) is 0.125. The molecule has 0 saturated carbocycles. The second kappa shape index (κ2) is 4.49. The molecule has 1 aromatic carbocycles. The van der Waals surface area contributed by atoms with Gasteiger partial charge in [0.15, 0.2) is 6.10 Å². The van der Waals surface area contributed by atoms with Crippen LogP contribution in [-0.2, 0) is 4.79 Å². The summed E-state index contributed by atoms with van der Waals surface area (Å²) >= 11 is 14.6. The summed E-state index contributed by atoms with van der Waals surface area (Å²) in [6.45, 7) is 0. The summed E-state index contributed by atoms with van der Waals surface area (Å²) in [6, 6.07) is 2.93. The number of aliphatic hydroxyl groups is 1. The van der Waals surface area contributed by atoms with Crippen LogP contribution >= 0.6 is 39.1 Å². The van der Waals surface area contributed by atoms with E-state index in [2.05, 4.69) is 15.9 Å². The number of halogens is 3. The van der Waals surface area contributed by atoms with Crippen molar-refractivity contribution in [2.24, 2.45) is 0 Å². The smallest absolute Gasteiger partial charge is 0.337 e. The molecular weight excluding hydrogens is 295 g/mol. The monoisotopic (exact) mass is 298 g/mol. The van der Waals surface area contributed by atoms with Crippen molar-refractivity contribution in [1.29, 1.82) is 0 Å². The van der Waals surface area contributed by atoms with Gasteiger partial charge in [-0.15, -0.1) is 0 Å². The average molecular weight is 300 g/mol. The van der Waals surface area contributed by atoms with E-state index in [1.54, 1.807) is 0 Å². The highest BCUT2D eigenvalue weighted by atomic mass is 79.9. The number of hydrogen-bond donors (Lipinski definition) is 2. The largest absolute Gasteiger partial charge is 0.479 e. The molecule has 3 nitrogen and oxygen atoms in total. The molecule has 0 spiro atoms. The summed E-state index contributed by atoms with van der Waals surface area (Å²) < 4.78 is 0.619. The number of aliphatic carboxylic acids is 1. The normalized spacial score (nSPS) is 12.6. The first kappa shape index (κ1) is 11.8. The van der Waals surface area contributed by atoms with Gasteiger partial charge >= 0.3 is 5.97 Å². The van der Waals surface area contributed by atoms with Crippen LogP contribution in [0.1, 0.15) is 11.7 Å². The number of hydrogen-bond acceptors (Lipinski definition) is 2. The maximum atomic E-state index is 10.5. The van der Waals surface area contributed by atoms with Crippen molar-refractivity contribution >= 4 is 45.1 Å². The molecule has 0 amide bonds. The minimum Gasteiger partial charge on any atom is -0.479 e. The minimum atomic E-state index is -1.71. The molecule has 1 aromatic rings. The van der Waals surface area contributed by atoms with Crippen LogP contribution in [0.2, 0.25) is 10.0 Å². The van der Waals surface area contributed by atoms with Crippen molar-refractivity contribution in [1.82, 2.24) is 0 Å². The maximum absolute atomic E-state index is 10.5. The molecule has 0 heterocycles. The van der Waals surface area contributed by atoms with Crippen LogP contribution in [0.15, 0.2) is 16.6 Å². The van der Waals surface area contributed by atoms with Crippen LogP contribution < -0.4 is 0 Å². The summed E-state index contributed by atoms with van der Waals surface area (Å²) in [4.78, 5) is 10.5. The van der Waals surface area contributed by atoms with Gasteiger partial charge in [-0.2, -0.15) is 0 Å². The van der Waals surface area contributed by atoms with Gasteiger partial charge in [-0.3, -0.25) is 0 Å². The van der Waals surface area contributed by atoms with E-state index in [4.69, 9.17) is 28.3 Å². The maximum Gasteiger partial charge on any atom is 0.337 e. The lowest BCUT2D eigenvalue weighted by atomic mass is 10.1. The second-order valence-corrected chi connectivity index (χ2v) is 4.25. The van der Waals surface area contributed by atoms with Crippen molar-refractivity contribution in [3.63, 3.8) is 0 Å². The van der Waals surface area contributed by atoms with Gasteiger partial charge in [-0.1, -0.05) is 39.1 Å². The van der Waals surface area contributed by atoms with Gasteiger partial charge in [0.05, 0.1) is 0 Å². The minimum absolute atomic E-state index is 0.00373. The Morgan fingerprint density at radius 3 is 2.14 bits per heavy atom. The summed E-state index contributed by atoms with van der Waals surface area (Å²) in [5, 5.41) is 18.1. The van der Waals surface area contributed by atoms with Crippen molar-refractivity contribution in [2.75, 3.05) is 0 Å².